The fraction of sp³-hybridized carbons (Fsp3) is 0.524. The van der Waals surface area contributed by atoms with E-state index < -0.39 is 0 Å². The lowest BCUT2D eigenvalue weighted by molar-refractivity contribution is 0.233. The molecule has 0 aliphatic carbocycles. The van der Waals surface area contributed by atoms with Gasteiger partial charge in [0.2, 0.25) is 0 Å². The van der Waals surface area contributed by atoms with Crippen LogP contribution in [-0.4, -0.2) is 40.6 Å². The second-order valence-electron chi connectivity index (χ2n) is 7.09. The quantitative estimate of drug-likeness (QED) is 0.621. The van der Waals surface area contributed by atoms with Crippen LogP contribution >= 0.6 is 0 Å². The van der Waals surface area contributed by atoms with Gasteiger partial charge in [-0.25, -0.2) is 0 Å². The van der Waals surface area contributed by atoms with E-state index >= 15 is 0 Å². The summed E-state index contributed by atoms with van der Waals surface area (Å²) in [4.78, 5) is 2.33. The van der Waals surface area contributed by atoms with Gasteiger partial charge in [-0.15, -0.1) is 5.98 Å². The van der Waals surface area contributed by atoms with Gasteiger partial charge in [0.15, 0.2) is 7.28 Å². The van der Waals surface area contributed by atoms with Crippen molar-refractivity contribution in [3.8, 4) is 5.75 Å². The molecule has 0 saturated carbocycles. The molecule has 0 fully saturated rings. The monoisotopic (exact) mass is 340 g/mol. The van der Waals surface area contributed by atoms with Crippen molar-refractivity contribution in [2.75, 3.05) is 32.1 Å². The summed E-state index contributed by atoms with van der Waals surface area (Å²) >= 11 is 0. The van der Waals surface area contributed by atoms with Crippen LogP contribution in [0.2, 0.25) is 0 Å². The molecule has 1 aromatic carbocycles. The summed E-state index contributed by atoms with van der Waals surface area (Å²) < 4.78 is 6.36. The van der Waals surface area contributed by atoms with Crippen LogP contribution in [0.1, 0.15) is 33.1 Å². The van der Waals surface area contributed by atoms with Gasteiger partial charge in [-0.2, -0.15) is 0 Å². The maximum atomic E-state index is 6.36. The lowest BCUT2D eigenvalue weighted by Crippen LogP contribution is -2.26. The normalized spacial score (nSPS) is 15.4. The van der Waals surface area contributed by atoms with Gasteiger partial charge in [0.05, 0.1) is 0 Å². The van der Waals surface area contributed by atoms with E-state index in [1.165, 1.54) is 24.0 Å². The molecule has 4 heteroatoms. The number of ether oxygens (including phenoxy) is 1. The summed E-state index contributed by atoms with van der Waals surface area (Å²) in [6.07, 6.45) is 7.92. The van der Waals surface area contributed by atoms with Crippen molar-refractivity contribution in [3.05, 3.63) is 47.9 Å². The summed E-state index contributed by atoms with van der Waals surface area (Å²) in [5.74, 6) is 3.93. The molecule has 3 nitrogen and oxygen atoms in total. The molecular formula is C21H33BN2O. The van der Waals surface area contributed by atoms with E-state index in [-0.39, 0.29) is 6.10 Å². The summed E-state index contributed by atoms with van der Waals surface area (Å²) in [5, 5.41) is 3.23. The predicted octanol–water partition coefficient (Wildman–Crippen LogP) is 3.76. The van der Waals surface area contributed by atoms with Crippen LogP contribution in [0.25, 0.3) is 0 Å². The van der Waals surface area contributed by atoms with Crippen molar-refractivity contribution in [2.24, 2.45) is 5.92 Å². The molecule has 1 aliphatic rings. The van der Waals surface area contributed by atoms with Crippen molar-refractivity contribution in [3.63, 3.8) is 0 Å². The maximum Gasteiger partial charge on any atom is 0.182 e. The third-order valence-corrected chi connectivity index (χ3v) is 5.06. The molecule has 0 bridgehead atoms. The molecule has 0 spiro atoms. The number of hydrogen-bond donors (Lipinski definition) is 1. The summed E-state index contributed by atoms with van der Waals surface area (Å²) in [6, 6.07) is 8.51. The van der Waals surface area contributed by atoms with Gasteiger partial charge in [0.1, 0.15) is 11.9 Å². The molecule has 0 saturated heterocycles. The van der Waals surface area contributed by atoms with Crippen LogP contribution in [0.4, 0.5) is 5.69 Å². The molecule has 2 rings (SSSR count). The molecule has 0 radical (unpaired) electrons. The molecule has 2 atom stereocenters. The topological polar surface area (TPSA) is 24.5 Å². The Balaban J connectivity index is 2.00. The molecule has 0 aromatic heterocycles. The Bertz CT molecular complexity index is 585. The number of anilines is 1. The van der Waals surface area contributed by atoms with Crippen LogP contribution in [0, 0.1) is 5.92 Å². The van der Waals surface area contributed by atoms with Crippen LogP contribution in [0.5, 0.6) is 5.75 Å². The predicted molar refractivity (Wildman–Crippen MR) is 111 cm³/mol. The van der Waals surface area contributed by atoms with E-state index in [1.54, 1.807) is 0 Å². The number of rotatable bonds is 11. The highest BCUT2D eigenvalue weighted by molar-refractivity contribution is 6.52. The van der Waals surface area contributed by atoms with Gasteiger partial charge < -0.3 is 15.0 Å². The Morgan fingerprint density at radius 1 is 1.28 bits per heavy atom. The first-order chi connectivity index (χ1) is 12.1. The first kappa shape index (κ1) is 19.6. The smallest absolute Gasteiger partial charge is 0.182 e. The first-order valence-electron chi connectivity index (χ1n) is 9.62. The summed E-state index contributed by atoms with van der Waals surface area (Å²) in [6.45, 7) is 6.62. The van der Waals surface area contributed by atoms with E-state index in [4.69, 9.17) is 4.74 Å². The van der Waals surface area contributed by atoms with Crippen molar-refractivity contribution in [1.29, 1.82) is 0 Å². The van der Waals surface area contributed by atoms with Crippen LogP contribution in [-0.2, 0) is 0 Å². The van der Waals surface area contributed by atoms with Crippen LogP contribution in [0.3, 0.4) is 0 Å². The van der Waals surface area contributed by atoms with Gasteiger partial charge >= 0.3 is 0 Å². The second kappa shape index (κ2) is 10.3. The number of allylic oxidation sites excluding steroid dienone is 2. The first-order valence-corrected chi connectivity index (χ1v) is 9.62. The van der Waals surface area contributed by atoms with Crippen molar-refractivity contribution in [2.45, 2.75) is 39.2 Å². The molecule has 1 aromatic rings. The van der Waals surface area contributed by atoms with Gasteiger partial charge in [-0.05, 0) is 44.5 Å². The largest absolute Gasteiger partial charge is 0.487 e. The number of benzene rings is 1. The van der Waals surface area contributed by atoms with E-state index in [1.807, 2.05) is 7.05 Å². The van der Waals surface area contributed by atoms with Crippen LogP contribution in [0.15, 0.2) is 47.9 Å². The zero-order chi connectivity index (χ0) is 18.1. The van der Waals surface area contributed by atoms with Gasteiger partial charge in [0.25, 0.3) is 0 Å². The number of nitrogens with one attached hydrogen (secondary N) is 1. The van der Waals surface area contributed by atoms with Crippen molar-refractivity contribution in [1.82, 2.24) is 5.32 Å². The van der Waals surface area contributed by atoms with Crippen molar-refractivity contribution >= 4 is 13.0 Å². The minimum atomic E-state index is 0.142. The SMILES string of the molecule is CCC(C)CCN(C)c1cccc(OC(CCNC)C2=CC=CB2)c1. The standard InChI is InChI=1S/C21H33BN2O/c1-5-17(2)12-15-24(4)18-8-6-9-19(16-18)25-21(11-14-23-3)20-10-7-13-22-20/h6-10,13,16-17,21-23H,5,11-12,14-15H2,1-4H3. The fourth-order valence-corrected chi connectivity index (χ4v) is 3.00. The van der Waals surface area contributed by atoms with E-state index in [2.05, 4.69) is 73.5 Å². The number of hydrogen-bond acceptors (Lipinski definition) is 3. The van der Waals surface area contributed by atoms with Gasteiger partial charge in [-0.1, -0.05) is 44.0 Å². The Kier molecular flexibility index (Phi) is 8.13. The lowest BCUT2D eigenvalue weighted by Gasteiger charge is -2.24. The number of nitrogens with zero attached hydrogens (tertiary/aromatic N) is 1. The molecule has 1 heterocycles. The average molecular weight is 340 g/mol. The highest BCUT2D eigenvalue weighted by Crippen LogP contribution is 2.25. The third-order valence-electron chi connectivity index (χ3n) is 5.06. The Morgan fingerprint density at radius 3 is 2.80 bits per heavy atom. The molecule has 136 valence electrons. The van der Waals surface area contributed by atoms with E-state index in [9.17, 15) is 0 Å². The third kappa shape index (κ3) is 6.28. The molecule has 25 heavy (non-hydrogen) atoms. The molecule has 2 unspecified atom stereocenters. The minimum Gasteiger partial charge on any atom is -0.487 e. The second-order valence-corrected chi connectivity index (χ2v) is 7.09. The average Bonchev–Trinajstić information content (AvgIpc) is 3.17. The molecule has 0 amide bonds. The highest BCUT2D eigenvalue weighted by Gasteiger charge is 2.17. The molecular weight excluding hydrogens is 307 g/mol. The Labute approximate surface area is 154 Å². The summed E-state index contributed by atoms with van der Waals surface area (Å²) in [5.41, 5.74) is 2.59. The zero-order valence-corrected chi connectivity index (χ0v) is 16.3. The molecule has 1 aliphatic heterocycles. The van der Waals surface area contributed by atoms with Gasteiger partial charge in [-0.3, -0.25) is 0 Å². The van der Waals surface area contributed by atoms with E-state index in [0.29, 0.717) is 0 Å². The van der Waals surface area contributed by atoms with Crippen molar-refractivity contribution < 1.29 is 4.74 Å². The minimum absolute atomic E-state index is 0.142. The molecule has 1 N–H and O–H groups in total. The lowest BCUT2D eigenvalue weighted by atomic mass is 9.70. The summed E-state index contributed by atoms with van der Waals surface area (Å²) in [7, 11) is 5.16. The van der Waals surface area contributed by atoms with E-state index in [0.717, 1.165) is 38.5 Å². The highest BCUT2D eigenvalue weighted by atomic mass is 16.5. The fourth-order valence-electron chi connectivity index (χ4n) is 3.00. The Hall–Kier alpha value is -1.68. The maximum absolute atomic E-state index is 6.36. The van der Waals surface area contributed by atoms with Crippen LogP contribution < -0.4 is 15.0 Å². The van der Waals surface area contributed by atoms with Gasteiger partial charge in [0, 0.05) is 25.3 Å². The Morgan fingerprint density at radius 2 is 2.12 bits per heavy atom. The zero-order valence-electron chi connectivity index (χ0n) is 16.3.